The lowest BCUT2D eigenvalue weighted by Crippen LogP contribution is -2.00. The molecule has 0 spiro atoms. The number of aromatic nitrogens is 2. The topological polar surface area (TPSA) is 78.2 Å². The van der Waals surface area contributed by atoms with Gasteiger partial charge in [-0.1, -0.05) is 35.0 Å². The van der Waals surface area contributed by atoms with Crippen molar-refractivity contribution < 1.29 is 9.66 Å². The van der Waals surface area contributed by atoms with Crippen molar-refractivity contribution in [3.63, 3.8) is 0 Å². The lowest BCUT2D eigenvalue weighted by Gasteiger charge is -2.10. The molecule has 1 heterocycles. The number of hydrogen-bond donors (Lipinski definition) is 0. The molecule has 3 rings (SSSR count). The zero-order valence-corrected chi connectivity index (χ0v) is 16.6. The molecule has 2 aromatic carbocycles. The molecule has 0 aliphatic rings. The number of benzene rings is 2. The number of aryl methyl sites for hydroxylation is 2. The predicted octanol–water partition coefficient (Wildman–Crippen LogP) is 6.25. The minimum absolute atomic E-state index is 0.132. The molecule has 0 radical (unpaired) electrons. The molecule has 9 heteroatoms. The zero-order valence-electron chi connectivity index (χ0n) is 14.3. The number of nitrogens with zero attached hydrogens (tertiary/aromatic N) is 3. The van der Waals surface area contributed by atoms with Gasteiger partial charge in [-0.2, -0.15) is 4.98 Å². The first kappa shape index (κ1) is 19.4. The van der Waals surface area contributed by atoms with Crippen molar-refractivity contribution in [3.05, 3.63) is 74.0 Å². The SMILES string of the molecule is Cc1cc(Oc2ncnc(Sc3ccc(Cl)cc3)c2[N+](=O)[O-])cc(C)c1Cl. The van der Waals surface area contributed by atoms with Crippen LogP contribution in [-0.2, 0) is 0 Å². The van der Waals surface area contributed by atoms with E-state index in [9.17, 15) is 10.1 Å². The Bertz CT molecular complexity index is 990. The summed E-state index contributed by atoms with van der Waals surface area (Å²) in [6.45, 7) is 3.66. The second-order valence-electron chi connectivity index (χ2n) is 5.62. The number of rotatable bonds is 5. The van der Waals surface area contributed by atoms with E-state index in [0.29, 0.717) is 15.8 Å². The van der Waals surface area contributed by atoms with E-state index in [-0.39, 0.29) is 16.6 Å². The number of ether oxygens (including phenoxy) is 1. The average molecular weight is 422 g/mol. The molecule has 0 unspecified atom stereocenters. The third-order valence-electron chi connectivity index (χ3n) is 3.59. The lowest BCUT2D eigenvalue weighted by atomic mass is 10.1. The summed E-state index contributed by atoms with van der Waals surface area (Å²) in [5.74, 6) is 0.284. The van der Waals surface area contributed by atoms with Gasteiger partial charge in [-0.05, 0) is 61.4 Å². The van der Waals surface area contributed by atoms with Crippen molar-refractivity contribution in [1.29, 1.82) is 0 Å². The summed E-state index contributed by atoms with van der Waals surface area (Å²) in [5.41, 5.74) is 1.31. The van der Waals surface area contributed by atoms with Gasteiger partial charge in [0.05, 0.1) is 4.92 Å². The van der Waals surface area contributed by atoms with E-state index < -0.39 is 4.92 Å². The zero-order chi connectivity index (χ0) is 19.6. The molecule has 0 fully saturated rings. The average Bonchev–Trinajstić information content (AvgIpc) is 2.61. The molecule has 0 bridgehead atoms. The summed E-state index contributed by atoms with van der Waals surface area (Å²) in [4.78, 5) is 19.9. The quantitative estimate of drug-likeness (QED) is 0.275. The Balaban J connectivity index is 1.98. The highest BCUT2D eigenvalue weighted by Crippen LogP contribution is 2.40. The van der Waals surface area contributed by atoms with Crippen LogP contribution in [0.25, 0.3) is 0 Å². The molecule has 6 nitrogen and oxygen atoms in total. The fourth-order valence-corrected chi connectivity index (χ4v) is 3.43. The number of halogens is 2. The second-order valence-corrected chi connectivity index (χ2v) is 7.50. The number of hydrogen-bond acceptors (Lipinski definition) is 6. The van der Waals surface area contributed by atoms with E-state index in [1.165, 1.54) is 6.33 Å². The molecule has 0 aliphatic carbocycles. The molecular weight excluding hydrogens is 409 g/mol. The van der Waals surface area contributed by atoms with Crippen LogP contribution >= 0.6 is 35.0 Å². The van der Waals surface area contributed by atoms with Gasteiger partial charge in [-0.15, -0.1) is 0 Å². The molecule has 138 valence electrons. The van der Waals surface area contributed by atoms with Gasteiger partial charge in [0.15, 0.2) is 5.03 Å². The lowest BCUT2D eigenvalue weighted by molar-refractivity contribution is -0.389. The predicted molar refractivity (Wildman–Crippen MR) is 105 cm³/mol. The van der Waals surface area contributed by atoms with Crippen molar-refractivity contribution in [3.8, 4) is 11.6 Å². The number of nitro groups is 1. The third-order valence-corrected chi connectivity index (χ3v) is 5.44. The van der Waals surface area contributed by atoms with Gasteiger partial charge in [0, 0.05) is 14.9 Å². The first-order chi connectivity index (χ1) is 12.8. The van der Waals surface area contributed by atoms with Gasteiger partial charge < -0.3 is 4.74 Å². The summed E-state index contributed by atoms with van der Waals surface area (Å²) in [6.07, 6.45) is 1.23. The largest absolute Gasteiger partial charge is 0.434 e. The van der Waals surface area contributed by atoms with Crippen LogP contribution in [0.3, 0.4) is 0 Å². The Kier molecular flexibility index (Phi) is 5.84. The van der Waals surface area contributed by atoms with Crippen molar-refractivity contribution in [2.45, 2.75) is 23.8 Å². The monoisotopic (exact) mass is 421 g/mol. The van der Waals surface area contributed by atoms with E-state index in [4.69, 9.17) is 27.9 Å². The Morgan fingerprint density at radius 3 is 2.30 bits per heavy atom. The maximum Gasteiger partial charge on any atom is 0.363 e. The van der Waals surface area contributed by atoms with Crippen LogP contribution in [0.1, 0.15) is 11.1 Å². The van der Waals surface area contributed by atoms with Crippen LogP contribution in [0, 0.1) is 24.0 Å². The maximum absolute atomic E-state index is 11.7. The van der Waals surface area contributed by atoms with Crippen LogP contribution < -0.4 is 4.74 Å². The Labute approximate surface area is 169 Å². The fourth-order valence-electron chi connectivity index (χ4n) is 2.34. The molecule has 0 aliphatic heterocycles. The highest BCUT2D eigenvalue weighted by molar-refractivity contribution is 7.99. The Hall–Kier alpha value is -2.35. The van der Waals surface area contributed by atoms with Crippen LogP contribution in [0.5, 0.6) is 11.6 Å². The van der Waals surface area contributed by atoms with Crippen molar-refractivity contribution in [2.75, 3.05) is 0 Å². The summed E-state index contributed by atoms with van der Waals surface area (Å²) < 4.78 is 5.70. The summed E-state index contributed by atoms with van der Waals surface area (Å²) in [7, 11) is 0. The van der Waals surface area contributed by atoms with Crippen LogP contribution in [0.15, 0.2) is 52.6 Å². The van der Waals surface area contributed by atoms with Crippen molar-refractivity contribution >= 4 is 40.7 Å². The molecule has 0 saturated carbocycles. The third kappa shape index (κ3) is 4.50. The maximum atomic E-state index is 11.7. The van der Waals surface area contributed by atoms with E-state index in [2.05, 4.69) is 9.97 Å². The molecule has 0 N–H and O–H groups in total. The van der Waals surface area contributed by atoms with Crippen molar-refractivity contribution in [2.24, 2.45) is 0 Å². The highest BCUT2D eigenvalue weighted by Gasteiger charge is 2.26. The summed E-state index contributed by atoms with van der Waals surface area (Å²) in [6, 6.07) is 10.3. The molecule has 0 atom stereocenters. The van der Waals surface area contributed by atoms with E-state index in [0.717, 1.165) is 27.8 Å². The molecule has 1 aromatic heterocycles. The summed E-state index contributed by atoms with van der Waals surface area (Å²) >= 11 is 13.2. The smallest absolute Gasteiger partial charge is 0.363 e. The second kappa shape index (κ2) is 8.12. The van der Waals surface area contributed by atoms with Crippen molar-refractivity contribution in [1.82, 2.24) is 9.97 Å². The van der Waals surface area contributed by atoms with E-state index >= 15 is 0 Å². The Morgan fingerprint density at radius 1 is 1.07 bits per heavy atom. The van der Waals surface area contributed by atoms with Gasteiger partial charge in [-0.25, -0.2) is 4.98 Å². The van der Waals surface area contributed by atoms with Crippen LogP contribution in [0.4, 0.5) is 5.69 Å². The first-order valence-electron chi connectivity index (χ1n) is 7.72. The van der Waals surface area contributed by atoms with Gasteiger partial charge >= 0.3 is 11.6 Å². The molecule has 3 aromatic rings. The van der Waals surface area contributed by atoms with Gasteiger partial charge in [0.25, 0.3) is 0 Å². The van der Waals surface area contributed by atoms with Crippen LogP contribution in [-0.4, -0.2) is 14.9 Å². The normalized spacial score (nSPS) is 10.7. The standard InChI is InChI=1S/C18H13Cl2N3O3S/c1-10-7-13(8-11(2)15(10)20)26-17-16(23(24)25)18(22-9-21-17)27-14-5-3-12(19)4-6-14/h3-9H,1-2H3. The Morgan fingerprint density at radius 2 is 1.70 bits per heavy atom. The first-order valence-corrected chi connectivity index (χ1v) is 9.30. The van der Waals surface area contributed by atoms with Gasteiger partial charge in [-0.3, -0.25) is 10.1 Å². The molecule has 0 amide bonds. The van der Waals surface area contributed by atoms with Crippen LogP contribution in [0.2, 0.25) is 10.0 Å². The molecule has 0 saturated heterocycles. The van der Waals surface area contributed by atoms with Gasteiger partial charge in [0.1, 0.15) is 12.1 Å². The van der Waals surface area contributed by atoms with E-state index in [1.807, 2.05) is 13.8 Å². The minimum atomic E-state index is -0.552. The highest BCUT2D eigenvalue weighted by atomic mass is 35.5. The minimum Gasteiger partial charge on any atom is -0.434 e. The van der Waals surface area contributed by atoms with Gasteiger partial charge in [0.2, 0.25) is 0 Å². The summed E-state index contributed by atoms with van der Waals surface area (Å²) in [5, 5.41) is 13.0. The van der Waals surface area contributed by atoms with E-state index in [1.54, 1.807) is 36.4 Å². The molecule has 27 heavy (non-hydrogen) atoms. The fraction of sp³-hybridized carbons (Fsp3) is 0.111. The molecular formula is C18H13Cl2N3O3S.